The Morgan fingerprint density at radius 1 is 1.00 bits per heavy atom. The molecule has 0 saturated carbocycles. The van der Waals surface area contributed by atoms with E-state index in [0.29, 0.717) is 73.4 Å². The van der Waals surface area contributed by atoms with Gasteiger partial charge in [-0.1, -0.05) is 24.3 Å². The number of aldehydes is 1. The van der Waals surface area contributed by atoms with Crippen LogP contribution in [-0.2, 0) is 19.1 Å². The number of ether oxygens (including phenoxy) is 3. The zero-order valence-corrected chi connectivity index (χ0v) is 33.6. The number of imide groups is 1. The zero-order chi connectivity index (χ0) is 42.1. The molecule has 3 aromatic rings. The molecule has 2 atom stereocenters. The number of piperidine rings is 1. The average molecular weight is 808 g/mol. The van der Waals surface area contributed by atoms with Crippen LogP contribution in [0.15, 0.2) is 88.4 Å². The predicted octanol–water partition coefficient (Wildman–Crippen LogP) is 3.74. The number of amides is 3. The largest absolute Gasteiger partial charge is 0.457 e. The van der Waals surface area contributed by atoms with Gasteiger partial charge in [0.1, 0.15) is 23.6 Å². The van der Waals surface area contributed by atoms with Crippen molar-refractivity contribution >= 4 is 53.8 Å². The number of para-hydroxylation sites is 1. The summed E-state index contributed by atoms with van der Waals surface area (Å²) in [6, 6.07) is 20.8. The Balaban J connectivity index is 1.03. The molecule has 0 spiro atoms. The molecule has 6 N–H and O–H groups in total. The normalized spacial score (nSPS) is 16.5. The molecular formula is C43H53N9O7. The number of rotatable bonds is 21. The van der Waals surface area contributed by atoms with Crippen LogP contribution in [0.3, 0.4) is 0 Å². The summed E-state index contributed by atoms with van der Waals surface area (Å²) < 4.78 is 17.5. The molecular weight excluding hydrogens is 755 g/mol. The van der Waals surface area contributed by atoms with E-state index in [-0.39, 0.29) is 41.8 Å². The van der Waals surface area contributed by atoms with E-state index in [1.165, 1.54) is 7.05 Å². The number of amidine groups is 2. The molecule has 2 aliphatic rings. The van der Waals surface area contributed by atoms with Gasteiger partial charge >= 0.3 is 0 Å². The Morgan fingerprint density at radius 2 is 1.73 bits per heavy atom. The molecule has 59 heavy (non-hydrogen) atoms. The van der Waals surface area contributed by atoms with Gasteiger partial charge in [0.25, 0.3) is 11.8 Å². The quantitative estimate of drug-likeness (QED) is 0.0344. The molecule has 312 valence electrons. The van der Waals surface area contributed by atoms with Crippen LogP contribution in [-0.4, -0.2) is 131 Å². The van der Waals surface area contributed by atoms with Gasteiger partial charge in [-0.05, 0) is 86.6 Å². The van der Waals surface area contributed by atoms with Gasteiger partial charge in [0.05, 0.1) is 54.9 Å². The van der Waals surface area contributed by atoms with Crippen LogP contribution in [0, 0.1) is 5.41 Å². The molecule has 3 aromatic carbocycles. The number of anilines is 1. The summed E-state index contributed by atoms with van der Waals surface area (Å²) >= 11 is 0. The number of fused-ring (bicyclic) bond motifs is 1. The van der Waals surface area contributed by atoms with E-state index >= 15 is 0 Å². The van der Waals surface area contributed by atoms with E-state index in [1.54, 1.807) is 25.2 Å². The van der Waals surface area contributed by atoms with Crippen molar-refractivity contribution < 1.29 is 33.4 Å². The van der Waals surface area contributed by atoms with Crippen molar-refractivity contribution in [3.8, 4) is 11.5 Å². The van der Waals surface area contributed by atoms with Gasteiger partial charge < -0.3 is 40.7 Å². The molecule has 0 aliphatic carbocycles. The summed E-state index contributed by atoms with van der Waals surface area (Å²) in [6.45, 7) is 7.96. The number of aliphatic imine (C=N–C) groups is 2. The molecule has 0 bridgehead atoms. The maximum absolute atomic E-state index is 13.3. The van der Waals surface area contributed by atoms with E-state index in [9.17, 15) is 19.2 Å². The first-order chi connectivity index (χ1) is 28.7. The molecule has 1 saturated heterocycles. The maximum atomic E-state index is 13.3. The summed E-state index contributed by atoms with van der Waals surface area (Å²) in [5.41, 5.74) is 8.95. The Hall–Kier alpha value is -6.23. The number of hydrogen-bond donors (Lipinski definition) is 5. The second-order valence-electron chi connectivity index (χ2n) is 13.9. The van der Waals surface area contributed by atoms with Crippen molar-refractivity contribution in [3.63, 3.8) is 0 Å². The average Bonchev–Trinajstić information content (AvgIpc) is 3.52. The second kappa shape index (κ2) is 22.1. The highest BCUT2D eigenvalue weighted by Gasteiger charge is 2.41. The fourth-order valence-corrected chi connectivity index (χ4v) is 6.92. The van der Waals surface area contributed by atoms with Crippen LogP contribution >= 0.6 is 0 Å². The van der Waals surface area contributed by atoms with Crippen LogP contribution in [0.2, 0.25) is 0 Å². The van der Waals surface area contributed by atoms with Crippen LogP contribution in [0.5, 0.6) is 11.5 Å². The third-order valence-electron chi connectivity index (χ3n) is 9.98. The van der Waals surface area contributed by atoms with Gasteiger partial charge in [-0.25, -0.2) is 4.99 Å². The maximum Gasteiger partial charge on any atom is 0.264 e. The van der Waals surface area contributed by atoms with Crippen LogP contribution in [0.1, 0.15) is 52.0 Å². The summed E-state index contributed by atoms with van der Waals surface area (Å²) in [5, 5.41) is 17.7. The third-order valence-corrected chi connectivity index (χ3v) is 9.98. The minimum Gasteiger partial charge on any atom is -0.457 e. The van der Waals surface area contributed by atoms with Gasteiger partial charge in [-0.3, -0.25) is 34.6 Å². The lowest BCUT2D eigenvalue weighted by atomic mass is 10.0. The highest BCUT2D eigenvalue weighted by atomic mass is 16.5. The number of nitrogens with one attached hydrogen (secondary N) is 4. The lowest BCUT2D eigenvalue weighted by Crippen LogP contribution is -2.49. The highest BCUT2D eigenvalue weighted by molar-refractivity contribution is 6.27. The van der Waals surface area contributed by atoms with Crippen LogP contribution in [0.4, 0.5) is 5.69 Å². The Morgan fingerprint density at radius 3 is 2.42 bits per heavy atom. The molecule has 5 rings (SSSR count). The molecule has 16 nitrogen and oxygen atoms in total. The Bertz CT molecular complexity index is 2020. The summed E-state index contributed by atoms with van der Waals surface area (Å²) in [4.78, 5) is 61.5. The number of nitrogens with two attached hydrogens (primary N) is 1. The highest BCUT2D eigenvalue weighted by Crippen LogP contribution is 2.31. The van der Waals surface area contributed by atoms with Gasteiger partial charge in [0.2, 0.25) is 5.91 Å². The third kappa shape index (κ3) is 11.7. The van der Waals surface area contributed by atoms with Crippen molar-refractivity contribution in [2.24, 2.45) is 15.7 Å². The van der Waals surface area contributed by atoms with Gasteiger partial charge in [0.15, 0.2) is 5.84 Å². The van der Waals surface area contributed by atoms with Crippen molar-refractivity contribution in [1.82, 2.24) is 20.4 Å². The molecule has 0 radical (unpaired) electrons. The van der Waals surface area contributed by atoms with Crippen LogP contribution in [0.25, 0.3) is 5.70 Å². The number of benzene rings is 3. The number of carbonyl (C=O) groups is 4. The van der Waals surface area contributed by atoms with Crippen molar-refractivity contribution in [3.05, 3.63) is 95.1 Å². The van der Waals surface area contributed by atoms with E-state index in [1.807, 2.05) is 54.6 Å². The second-order valence-corrected chi connectivity index (χ2v) is 13.9. The number of likely N-dealkylation sites (tertiary alicyclic amines) is 1. The molecule has 16 heteroatoms. The summed E-state index contributed by atoms with van der Waals surface area (Å²) in [5.74, 6) is 0.353. The topological polar surface area (TPSA) is 213 Å². The smallest absolute Gasteiger partial charge is 0.264 e. The molecule has 2 heterocycles. The van der Waals surface area contributed by atoms with Gasteiger partial charge in [0, 0.05) is 51.9 Å². The fraction of sp³-hybridized carbons (Fsp3) is 0.372. The van der Waals surface area contributed by atoms with E-state index < -0.39 is 17.9 Å². The van der Waals surface area contributed by atoms with Gasteiger partial charge in [-0.2, -0.15) is 0 Å². The zero-order valence-electron chi connectivity index (χ0n) is 33.6. The standard InChI is InChI=1S/C43H53N9O7/c1-46-36(54)19-16-31(28-53)52-42(55)34-12-7-13-35(37(34)43(52)56)49-20-23-57-25-26-58-24-22-51-21-8-9-30(27-51)50-41(48-3)38(40(45)47-2)39(44)29-14-17-33(18-15-29)59-32-10-5-4-6-11-32/h4-7,10-15,17-18,28,30-31,45,49H,2,8-9,16,19-27,44H2,1,3H3,(H,46,54)(H,48,50). The molecule has 0 aromatic heterocycles. The molecule has 2 aliphatic heterocycles. The lowest BCUT2D eigenvalue weighted by Gasteiger charge is -2.34. The number of carbonyl (C=O) groups excluding carboxylic acids is 4. The SMILES string of the molecule is C=NC(=N)C(C(=NC)NC1CCCN(CCOCCOCCNc2cccc3c2C(=O)N(C(C=O)CCC(=O)NC)C3=O)C1)=C(N)c1ccc(Oc2ccccc2)cc1. The van der Waals surface area contributed by atoms with Crippen molar-refractivity contribution in [2.75, 3.05) is 72.0 Å². The van der Waals surface area contributed by atoms with E-state index in [0.717, 1.165) is 43.1 Å². The summed E-state index contributed by atoms with van der Waals surface area (Å²) in [7, 11) is 3.14. The van der Waals surface area contributed by atoms with Crippen molar-refractivity contribution in [2.45, 2.75) is 37.8 Å². The first kappa shape index (κ1) is 43.9. The molecule has 2 unspecified atom stereocenters. The Labute approximate surface area is 344 Å². The first-order valence-corrected chi connectivity index (χ1v) is 19.6. The molecule has 1 fully saturated rings. The first-order valence-electron chi connectivity index (χ1n) is 19.6. The Kier molecular flexibility index (Phi) is 16.4. The number of nitrogens with zero attached hydrogens (tertiary/aromatic N) is 4. The minimum absolute atomic E-state index is 0.00757. The lowest BCUT2D eigenvalue weighted by molar-refractivity contribution is -0.121. The van der Waals surface area contributed by atoms with E-state index in [4.69, 9.17) is 25.4 Å². The van der Waals surface area contributed by atoms with E-state index in [2.05, 4.69) is 37.6 Å². The predicted molar refractivity (Wildman–Crippen MR) is 228 cm³/mol. The van der Waals surface area contributed by atoms with Crippen molar-refractivity contribution in [1.29, 1.82) is 5.41 Å². The van der Waals surface area contributed by atoms with Gasteiger partial charge in [-0.15, -0.1) is 0 Å². The fourth-order valence-electron chi connectivity index (χ4n) is 6.92. The van der Waals surface area contributed by atoms with Crippen LogP contribution < -0.4 is 26.4 Å². The number of hydrogen-bond acceptors (Lipinski definition) is 12. The monoisotopic (exact) mass is 807 g/mol. The minimum atomic E-state index is -1.04. The summed E-state index contributed by atoms with van der Waals surface area (Å²) in [6.07, 6.45) is 2.46. The molecule has 3 amide bonds.